The standard InChI is InChI=1S/C26H19Cl2NO5/c1-14-7-21-17(11-29(12-31-21)10-15-5-6-20-22(8-15)33-13-32-20)26-24(14)25(30)23(34-26)9-16-18(27)3-2-4-19(16)28/h2-9H,10-13H2,1H3/b23-9-. The summed E-state index contributed by atoms with van der Waals surface area (Å²) in [6.45, 7) is 3.76. The van der Waals surface area contributed by atoms with E-state index in [2.05, 4.69) is 4.90 Å². The summed E-state index contributed by atoms with van der Waals surface area (Å²) in [4.78, 5) is 15.4. The Hall–Kier alpha value is -3.19. The molecule has 0 aliphatic carbocycles. The van der Waals surface area contributed by atoms with E-state index in [-0.39, 0.29) is 18.3 Å². The average Bonchev–Trinajstić information content (AvgIpc) is 3.41. The fraction of sp³-hybridized carbons (Fsp3) is 0.192. The average molecular weight is 496 g/mol. The van der Waals surface area contributed by atoms with E-state index in [0.717, 1.165) is 33.9 Å². The minimum atomic E-state index is -0.195. The van der Waals surface area contributed by atoms with Crippen molar-refractivity contribution in [3.63, 3.8) is 0 Å². The van der Waals surface area contributed by atoms with Crippen LogP contribution < -0.4 is 18.9 Å². The summed E-state index contributed by atoms with van der Waals surface area (Å²) in [6, 6.07) is 13.0. The maximum Gasteiger partial charge on any atom is 0.232 e. The lowest BCUT2D eigenvalue weighted by Gasteiger charge is -2.30. The molecule has 6 rings (SSSR count). The molecule has 0 unspecified atom stereocenters. The van der Waals surface area contributed by atoms with Gasteiger partial charge in [-0.1, -0.05) is 35.3 Å². The first kappa shape index (κ1) is 21.4. The minimum Gasteiger partial charge on any atom is -0.478 e. The Balaban J connectivity index is 1.31. The quantitative estimate of drug-likeness (QED) is 0.415. The van der Waals surface area contributed by atoms with Crippen molar-refractivity contribution >= 4 is 35.1 Å². The lowest BCUT2D eigenvalue weighted by atomic mass is 9.98. The van der Waals surface area contributed by atoms with Gasteiger partial charge in [-0.15, -0.1) is 0 Å². The van der Waals surface area contributed by atoms with Gasteiger partial charge in [0.15, 0.2) is 17.3 Å². The summed E-state index contributed by atoms with van der Waals surface area (Å²) >= 11 is 12.6. The Kier molecular flexibility index (Phi) is 5.17. The lowest BCUT2D eigenvalue weighted by Crippen LogP contribution is -2.31. The van der Waals surface area contributed by atoms with Gasteiger partial charge >= 0.3 is 0 Å². The molecule has 0 saturated carbocycles. The molecular formula is C26H19Cl2NO5. The second kappa shape index (κ2) is 8.24. The smallest absolute Gasteiger partial charge is 0.232 e. The van der Waals surface area contributed by atoms with E-state index in [9.17, 15) is 4.79 Å². The van der Waals surface area contributed by atoms with Crippen molar-refractivity contribution in [2.45, 2.75) is 20.0 Å². The SMILES string of the molecule is Cc1cc2c(c3c1C(=O)/C(=C/c1c(Cl)cccc1Cl)O3)CN(Cc1ccc3c(c1)OCO3)CO2. The normalized spacial score (nSPS) is 17.4. The molecule has 0 atom stereocenters. The third-order valence-corrected chi connectivity index (χ3v) is 6.77. The number of halogens is 2. The van der Waals surface area contributed by atoms with Crippen molar-refractivity contribution in [2.75, 3.05) is 13.5 Å². The zero-order valence-corrected chi connectivity index (χ0v) is 19.7. The fourth-order valence-corrected chi connectivity index (χ4v) is 4.96. The Morgan fingerprint density at radius 3 is 2.62 bits per heavy atom. The summed E-state index contributed by atoms with van der Waals surface area (Å²) in [5, 5.41) is 0.897. The molecule has 3 aliphatic rings. The van der Waals surface area contributed by atoms with Crippen LogP contribution in [0.2, 0.25) is 10.0 Å². The highest BCUT2D eigenvalue weighted by Crippen LogP contribution is 2.45. The molecule has 3 aliphatic heterocycles. The number of carbonyl (C=O) groups is 1. The fourth-order valence-electron chi connectivity index (χ4n) is 4.45. The zero-order chi connectivity index (χ0) is 23.4. The molecular weight excluding hydrogens is 477 g/mol. The van der Waals surface area contributed by atoms with Crippen LogP contribution in [0.25, 0.3) is 6.08 Å². The molecule has 172 valence electrons. The van der Waals surface area contributed by atoms with Crippen LogP contribution in [0.4, 0.5) is 0 Å². The summed E-state index contributed by atoms with van der Waals surface area (Å²) in [5.41, 5.74) is 3.81. The van der Waals surface area contributed by atoms with Gasteiger partial charge in [-0.3, -0.25) is 9.69 Å². The van der Waals surface area contributed by atoms with Gasteiger partial charge in [-0.25, -0.2) is 0 Å². The number of ketones is 1. The van der Waals surface area contributed by atoms with E-state index in [1.807, 2.05) is 31.2 Å². The van der Waals surface area contributed by atoms with Crippen molar-refractivity contribution in [1.82, 2.24) is 4.90 Å². The molecule has 0 amide bonds. The van der Waals surface area contributed by atoms with Gasteiger partial charge in [0.05, 0.1) is 11.1 Å². The molecule has 6 nitrogen and oxygen atoms in total. The summed E-state index contributed by atoms with van der Waals surface area (Å²) in [7, 11) is 0. The molecule has 0 saturated heterocycles. The number of nitrogens with zero attached hydrogens (tertiary/aromatic N) is 1. The van der Waals surface area contributed by atoms with E-state index >= 15 is 0 Å². The number of aryl methyl sites for hydroxylation is 1. The number of hydrogen-bond acceptors (Lipinski definition) is 6. The van der Waals surface area contributed by atoms with Gasteiger partial charge in [-0.2, -0.15) is 0 Å². The molecule has 3 aromatic carbocycles. The summed E-state index contributed by atoms with van der Waals surface area (Å²) in [6.07, 6.45) is 1.60. The summed E-state index contributed by atoms with van der Waals surface area (Å²) < 4.78 is 23.1. The van der Waals surface area contributed by atoms with Crippen LogP contribution >= 0.6 is 23.2 Å². The van der Waals surface area contributed by atoms with Crippen LogP contribution in [0.3, 0.4) is 0 Å². The number of fused-ring (bicyclic) bond motifs is 4. The number of hydrogen-bond donors (Lipinski definition) is 0. The molecule has 0 aromatic heterocycles. The van der Waals surface area contributed by atoms with Crippen LogP contribution in [-0.4, -0.2) is 24.2 Å². The zero-order valence-electron chi connectivity index (χ0n) is 18.2. The van der Waals surface area contributed by atoms with Gasteiger partial charge in [0.2, 0.25) is 12.6 Å². The van der Waals surface area contributed by atoms with E-state index in [0.29, 0.717) is 46.7 Å². The monoisotopic (exact) mass is 495 g/mol. The molecule has 8 heteroatoms. The largest absolute Gasteiger partial charge is 0.478 e. The number of benzene rings is 3. The Labute approximate surface area is 206 Å². The highest BCUT2D eigenvalue weighted by atomic mass is 35.5. The molecule has 0 N–H and O–H groups in total. The number of ether oxygens (including phenoxy) is 4. The van der Waals surface area contributed by atoms with Crippen molar-refractivity contribution in [3.8, 4) is 23.0 Å². The minimum absolute atomic E-state index is 0.189. The topological polar surface area (TPSA) is 57.2 Å². The van der Waals surface area contributed by atoms with Crippen LogP contribution in [-0.2, 0) is 13.1 Å². The van der Waals surface area contributed by atoms with Gasteiger partial charge in [0.25, 0.3) is 0 Å². The van der Waals surface area contributed by atoms with Gasteiger partial charge < -0.3 is 18.9 Å². The van der Waals surface area contributed by atoms with E-state index in [1.165, 1.54) is 0 Å². The van der Waals surface area contributed by atoms with E-state index in [4.69, 9.17) is 42.1 Å². The molecule has 0 bridgehead atoms. The molecule has 0 radical (unpaired) electrons. The molecule has 34 heavy (non-hydrogen) atoms. The van der Waals surface area contributed by atoms with Crippen LogP contribution in [0, 0.1) is 6.92 Å². The molecule has 3 heterocycles. The summed E-state index contributed by atoms with van der Waals surface area (Å²) in [5.74, 6) is 2.75. The predicted octanol–water partition coefficient (Wildman–Crippen LogP) is 6.00. The van der Waals surface area contributed by atoms with Crippen LogP contribution in [0.15, 0.2) is 48.2 Å². The third kappa shape index (κ3) is 3.59. The Morgan fingerprint density at radius 2 is 1.79 bits per heavy atom. The maximum absolute atomic E-state index is 13.3. The second-order valence-electron chi connectivity index (χ2n) is 8.40. The van der Waals surface area contributed by atoms with Crippen molar-refractivity contribution in [1.29, 1.82) is 0 Å². The predicted molar refractivity (Wildman–Crippen MR) is 128 cm³/mol. The van der Waals surface area contributed by atoms with E-state index < -0.39 is 0 Å². The number of Topliss-reactive ketones (excluding diaryl/α,β-unsaturated/α-hetero) is 1. The van der Waals surface area contributed by atoms with Gasteiger partial charge in [-0.05, 0) is 54.5 Å². The third-order valence-electron chi connectivity index (χ3n) is 6.11. The number of rotatable bonds is 3. The highest BCUT2D eigenvalue weighted by molar-refractivity contribution is 6.37. The van der Waals surface area contributed by atoms with Gasteiger partial charge in [0.1, 0.15) is 18.2 Å². The molecule has 3 aromatic rings. The first-order valence-electron chi connectivity index (χ1n) is 10.8. The van der Waals surface area contributed by atoms with Crippen molar-refractivity contribution in [3.05, 3.63) is 86.1 Å². The van der Waals surface area contributed by atoms with Gasteiger partial charge in [0, 0.05) is 28.7 Å². The number of allylic oxidation sites excluding steroid dienone is 1. The number of carbonyl (C=O) groups excluding carboxylic acids is 1. The van der Waals surface area contributed by atoms with E-state index in [1.54, 1.807) is 24.3 Å². The first-order chi connectivity index (χ1) is 16.5. The van der Waals surface area contributed by atoms with Crippen molar-refractivity contribution < 1.29 is 23.7 Å². The second-order valence-corrected chi connectivity index (χ2v) is 9.21. The maximum atomic E-state index is 13.3. The lowest BCUT2D eigenvalue weighted by molar-refractivity contribution is 0.0871. The molecule has 0 spiro atoms. The van der Waals surface area contributed by atoms with Crippen LogP contribution in [0.5, 0.6) is 23.0 Å². The molecule has 0 fully saturated rings. The Morgan fingerprint density at radius 1 is 1.00 bits per heavy atom. The highest BCUT2D eigenvalue weighted by Gasteiger charge is 2.35. The first-order valence-corrected chi connectivity index (χ1v) is 11.5. The Bertz CT molecular complexity index is 1360. The van der Waals surface area contributed by atoms with Crippen LogP contribution in [0.1, 0.15) is 32.6 Å². The van der Waals surface area contributed by atoms with Crippen molar-refractivity contribution in [2.24, 2.45) is 0 Å².